The van der Waals surface area contributed by atoms with Gasteiger partial charge in [0.1, 0.15) is 11.8 Å². The van der Waals surface area contributed by atoms with Gasteiger partial charge in [0.05, 0.1) is 24.0 Å². The van der Waals surface area contributed by atoms with Gasteiger partial charge in [-0.2, -0.15) is 0 Å². The van der Waals surface area contributed by atoms with Crippen LogP contribution in [-0.4, -0.2) is 57.9 Å². The molecule has 1 saturated heterocycles. The third-order valence-electron chi connectivity index (χ3n) is 5.63. The number of hydrogen-bond donors (Lipinski definition) is 2. The van der Waals surface area contributed by atoms with Gasteiger partial charge in [-0.1, -0.05) is 17.3 Å². The van der Waals surface area contributed by atoms with Gasteiger partial charge < -0.3 is 20.2 Å². The van der Waals surface area contributed by atoms with Gasteiger partial charge in [-0.3, -0.25) is 4.79 Å². The summed E-state index contributed by atoms with van der Waals surface area (Å²) in [7, 11) is 0. The van der Waals surface area contributed by atoms with Gasteiger partial charge >= 0.3 is 0 Å². The highest BCUT2D eigenvalue weighted by molar-refractivity contribution is 6.14. The number of halogens is 1. The number of Topliss-reactive ketones (excluding diaryl/α,β-unsaturated/α-hetero) is 1. The number of fused-ring (bicyclic) bond motifs is 2. The van der Waals surface area contributed by atoms with Gasteiger partial charge in [0.2, 0.25) is 11.7 Å². The molecule has 2 aromatic rings. The molecule has 0 bridgehead atoms. The van der Waals surface area contributed by atoms with Crippen molar-refractivity contribution in [3.63, 3.8) is 0 Å². The van der Waals surface area contributed by atoms with Crippen LogP contribution in [0.3, 0.4) is 0 Å². The molecule has 1 aliphatic carbocycles. The van der Waals surface area contributed by atoms with E-state index in [1.807, 2.05) is 18.2 Å². The third kappa shape index (κ3) is 2.46. The molecule has 3 heterocycles. The first-order chi connectivity index (χ1) is 13.6. The summed E-state index contributed by atoms with van der Waals surface area (Å²) in [5.41, 5.74) is 0.123. The number of anilines is 1. The van der Waals surface area contributed by atoms with Crippen LogP contribution >= 0.6 is 0 Å². The molecule has 2 N–H and O–H groups in total. The topological polar surface area (TPSA) is 99.9 Å². The number of carbonyl (C=O) groups is 1. The first-order valence-electron chi connectivity index (χ1n) is 9.13. The van der Waals surface area contributed by atoms with Crippen LogP contribution in [0.25, 0.3) is 0 Å². The molecule has 3 unspecified atom stereocenters. The second kappa shape index (κ2) is 6.23. The molecule has 3 aliphatic rings. The highest BCUT2D eigenvalue weighted by atomic mass is 19.1. The number of carbonyl (C=O) groups excluding carboxylic acids is 1. The van der Waals surface area contributed by atoms with Gasteiger partial charge in [0.15, 0.2) is 11.4 Å². The highest BCUT2D eigenvalue weighted by Gasteiger charge is 2.69. The average Bonchev–Trinajstić information content (AvgIpc) is 3.47. The molecule has 0 radical (unpaired) electrons. The predicted octanol–water partition coefficient (Wildman–Crippen LogP) is 0.993. The Labute approximate surface area is 160 Å². The van der Waals surface area contributed by atoms with Crippen molar-refractivity contribution in [3.8, 4) is 5.75 Å². The first kappa shape index (κ1) is 17.1. The second-order valence-electron chi connectivity index (χ2n) is 7.21. The molecule has 0 amide bonds. The molecule has 0 spiro atoms. The lowest BCUT2D eigenvalue weighted by Gasteiger charge is -2.38. The van der Waals surface area contributed by atoms with Crippen molar-refractivity contribution in [1.82, 2.24) is 15.3 Å². The summed E-state index contributed by atoms with van der Waals surface area (Å²) in [6.45, 7) is 1.58. The maximum absolute atomic E-state index is 13.6. The Morgan fingerprint density at radius 3 is 2.93 bits per heavy atom. The summed E-state index contributed by atoms with van der Waals surface area (Å²) in [5.74, 6) is -0.0995. The zero-order valence-corrected chi connectivity index (χ0v) is 14.9. The molecule has 1 saturated carbocycles. The van der Waals surface area contributed by atoms with E-state index >= 15 is 0 Å². The summed E-state index contributed by atoms with van der Waals surface area (Å²) < 4.78 is 19.4. The van der Waals surface area contributed by atoms with Crippen molar-refractivity contribution in [1.29, 1.82) is 0 Å². The zero-order valence-electron chi connectivity index (χ0n) is 14.9. The standard InChI is InChI=1S/C19H18FN5O3/c20-11-8-22-18(23-9-11)25-6-5-21-10-14(25)17(26)19-7-13(19)16(24-27)12-3-1-2-4-15(12)28-19/h1-4,8-9,13-14,21,27H,5-7,10H2. The number of ketones is 1. The van der Waals surface area contributed by atoms with Crippen LogP contribution in [0.15, 0.2) is 41.8 Å². The van der Waals surface area contributed by atoms with Crippen LogP contribution in [0.4, 0.5) is 10.3 Å². The summed E-state index contributed by atoms with van der Waals surface area (Å²) in [6.07, 6.45) is 2.64. The fraction of sp³-hybridized carbons (Fsp3) is 0.368. The van der Waals surface area contributed by atoms with Crippen molar-refractivity contribution in [2.24, 2.45) is 11.1 Å². The van der Waals surface area contributed by atoms with E-state index in [4.69, 9.17) is 4.74 Å². The number of aromatic nitrogens is 2. The lowest BCUT2D eigenvalue weighted by molar-refractivity contribution is -0.129. The van der Waals surface area contributed by atoms with Gasteiger partial charge in [0, 0.05) is 31.6 Å². The third-order valence-corrected chi connectivity index (χ3v) is 5.63. The Hall–Kier alpha value is -3.07. The number of nitrogens with one attached hydrogen (secondary N) is 1. The van der Waals surface area contributed by atoms with E-state index in [2.05, 4.69) is 20.4 Å². The maximum Gasteiger partial charge on any atom is 0.226 e. The Morgan fingerprint density at radius 1 is 1.36 bits per heavy atom. The lowest BCUT2D eigenvalue weighted by Crippen LogP contribution is -2.60. The minimum Gasteiger partial charge on any atom is -0.478 e. The number of piperazine rings is 1. The van der Waals surface area contributed by atoms with Crippen LogP contribution in [0.1, 0.15) is 12.0 Å². The monoisotopic (exact) mass is 383 g/mol. The molecule has 3 atom stereocenters. The summed E-state index contributed by atoms with van der Waals surface area (Å²) >= 11 is 0. The summed E-state index contributed by atoms with van der Waals surface area (Å²) in [4.78, 5) is 23.4. The van der Waals surface area contributed by atoms with Crippen molar-refractivity contribution >= 4 is 17.4 Å². The lowest BCUT2D eigenvalue weighted by atomic mass is 9.94. The van der Waals surface area contributed by atoms with Gasteiger partial charge in [0.25, 0.3) is 0 Å². The predicted molar refractivity (Wildman–Crippen MR) is 97.2 cm³/mol. The zero-order chi connectivity index (χ0) is 19.3. The highest BCUT2D eigenvalue weighted by Crippen LogP contribution is 2.55. The fourth-order valence-electron chi connectivity index (χ4n) is 4.19. The molecule has 1 aromatic heterocycles. The molecule has 2 fully saturated rings. The first-order valence-corrected chi connectivity index (χ1v) is 9.13. The van der Waals surface area contributed by atoms with E-state index in [-0.39, 0.29) is 11.7 Å². The van der Waals surface area contributed by atoms with Crippen LogP contribution in [0.5, 0.6) is 5.75 Å². The Balaban J connectivity index is 1.48. The van der Waals surface area contributed by atoms with E-state index < -0.39 is 17.5 Å². The maximum atomic E-state index is 13.6. The number of para-hydroxylation sites is 1. The van der Waals surface area contributed by atoms with Crippen molar-refractivity contribution in [3.05, 3.63) is 48.0 Å². The average molecular weight is 383 g/mol. The van der Waals surface area contributed by atoms with Crippen molar-refractivity contribution in [2.75, 3.05) is 24.5 Å². The molecule has 2 aliphatic heterocycles. The quantitative estimate of drug-likeness (QED) is 0.602. The molecule has 9 heteroatoms. The van der Waals surface area contributed by atoms with E-state index in [9.17, 15) is 14.4 Å². The molecule has 28 heavy (non-hydrogen) atoms. The van der Waals surface area contributed by atoms with E-state index in [0.29, 0.717) is 49.0 Å². The van der Waals surface area contributed by atoms with Gasteiger partial charge in [-0.15, -0.1) is 0 Å². The van der Waals surface area contributed by atoms with E-state index in [0.717, 1.165) is 12.4 Å². The molecular formula is C19H18FN5O3. The molecule has 144 valence electrons. The van der Waals surface area contributed by atoms with E-state index in [1.165, 1.54) is 0 Å². The van der Waals surface area contributed by atoms with Crippen LogP contribution in [0.2, 0.25) is 0 Å². The summed E-state index contributed by atoms with van der Waals surface area (Å²) in [6, 6.07) is 6.68. The van der Waals surface area contributed by atoms with Crippen molar-refractivity contribution < 1.29 is 19.1 Å². The fourth-order valence-corrected chi connectivity index (χ4v) is 4.19. The molecule has 5 rings (SSSR count). The number of oxime groups is 1. The van der Waals surface area contributed by atoms with Crippen molar-refractivity contribution in [2.45, 2.75) is 18.1 Å². The summed E-state index contributed by atoms with van der Waals surface area (Å²) in [5, 5.41) is 16.2. The Kier molecular flexibility index (Phi) is 3.80. The van der Waals surface area contributed by atoms with Crippen LogP contribution < -0.4 is 15.0 Å². The van der Waals surface area contributed by atoms with Crippen LogP contribution in [0, 0.1) is 11.7 Å². The largest absolute Gasteiger partial charge is 0.478 e. The van der Waals surface area contributed by atoms with Gasteiger partial charge in [-0.05, 0) is 12.1 Å². The SMILES string of the molecule is O=C(C1CNCCN1c1ncc(F)cn1)C12CC1C(=NO)c1ccccc1O2. The van der Waals surface area contributed by atoms with Crippen LogP contribution in [-0.2, 0) is 4.79 Å². The Morgan fingerprint density at radius 2 is 2.14 bits per heavy atom. The number of hydrogen-bond acceptors (Lipinski definition) is 8. The number of nitrogens with zero attached hydrogens (tertiary/aromatic N) is 4. The number of ether oxygens (including phenoxy) is 1. The number of rotatable bonds is 3. The number of benzene rings is 1. The molecule has 1 aromatic carbocycles. The second-order valence-corrected chi connectivity index (χ2v) is 7.21. The minimum absolute atomic E-state index is 0.117. The Bertz CT molecular complexity index is 966. The molecular weight excluding hydrogens is 365 g/mol. The smallest absolute Gasteiger partial charge is 0.226 e. The van der Waals surface area contributed by atoms with E-state index in [1.54, 1.807) is 11.0 Å². The minimum atomic E-state index is -1.06. The van der Waals surface area contributed by atoms with Gasteiger partial charge in [-0.25, -0.2) is 14.4 Å². The normalized spacial score (nSPS) is 29.6. The molecule has 8 nitrogen and oxygen atoms in total.